The van der Waals surface area contributed by atoms with Crippen molar-refractivity contribution in [2.45, 2.75) is 32.2 Å². The maximum atomic E-state index is 12.1. The minimum atomic E-state index is -0.263. The average molecular weight is 270 g/mol. The van der Waals surface area contributed by atoms with Gasteiger partial charge in [0.2, 0.25) is 11.8 Å². The van der Waals surface area contributed by atoms with E-state index in [0.717, 1.165) is 19.3 Å². The van der Waals surface area contributed by atoms with Gasteiger partial charge in [0.15, 0.2) is 0 Å². The summed E-state index contributed by atoms with van der Waals surface area (Å²) in [5.41, 5.74) is 10.8. The molecule has 0 radical (unpaired) electrons. The summed E-state index contributed by atoms with van der Waals surface area (Å²) in [4.78, 5) is 27.1. The summed E-state index contributed by atoms with van der Waals surface area (Å²) in [5, 5.41) is 0. The highest BCUT2D eigenvalue weighted by atomic mass is 16.2. The maximum Gasteiger partial charge on any atom is 0.236 e. The van der Waals surface area contributed by atoms with Crippen molar-refractivity contribution >= 4 is 11.8 Å². The molecular formula is C13H26N4O2. The van der Waals surface area contributed by atoms with E-state index in [1.807, 2.05) is 0 Å². The largest absolute Gasteiger partial charge is 0.369 e. The molecule has 6 nitrogen and oxygen atoms in total. The van der Waals surface area contributed by atoms with Crippen LogP contribution in [0.5, 0.6) is 0 Å². The highest BCUT2D eigenvalue weighted by molar-refractivity contribution is 5.79. The summed E-state index contributed by atoms with van der Waals surface area (Å²) in [6.45, 7) is 4.29. The van der Waals surface area contributed by atoms with Crippen LogP contribution >= 0.6 is 0 Å². The number of nitrogens with two attached hydrogens (primary N) is 2. The zero-order chi connectivity index (χ0) is 14.4. The van der Waals surface area contributed by atoms with Crippen LogP contribution in [0.4, 0.5) is 0 Å². The molecule has 6 heteroatoms. The summed E-state index contributed by atoms with van der Waals surface area (Å²) in [6.07, 6.45) is 2.54. The number of likely N-dealkylation sites (N-methyl/N-ethyl adjacent to an activating group) is 1. The van der Waals surface area contributed by atoms with E-state index in [9.17, 15) is 9.59 Å². The van der Waals surface area contributed by atoms with Crippen LogP contribution in [0, 0.1) is 5.92 Å². The number of hydrogen-bond acceptors (Lipinski definition) is 4. The van der Waals surface area contributed by atoms with Gasteiger partial charge < -0.3 is 16.4 Å². The molecule has 110 valence electrons. The van der Waals surface area contributed by atoms with Crippen LogP contribution in [0.25, 0.3) is 0 Å². The molecule has 0 aromatic carbocycles. The Bertz CT molecular complexity index is 322. The van der Waals surface area contributed by atoms with Crippen molar-refractivity contribution < 1.29 is 9.59 Å². The number of carbonyl (C=O) groups is 2. The Morgan fingerprint density at radius 3 is 2.63 bits per heavy atom. The summed E-state index contributed by atoms with van der Waals surface area (Å²) < 4.78 is 0. The molecule has 1 saturated heterocycles. The van der Waals surface area contributed by atoms with Crippen LogP contribution in [-0.4, -0.2) is 60.9 Å². The zero-order valence-electron chi connectivity index (χ0n) is 12.0. The van der Waals surface area contributed by atoms with E-state index in [-0.39, 0.29) is 17.7 Å². The van der Waals surface area contributed by atoms with Gasteiger partial charge in [-0.2, -0.15) is 0 Å². The lowest BCUT2D eigenvalue weighted by atomic mass is 9.93. The van der Waals surface area contributed by atoms with Crippen molar-refractivity contribution in [2.75, 3.05) is 33.2 Å². The standard InChI is InChI=1S/C13H26N4O2/c1-10-4-5-11(13(15)19)8-17(10)9-12(18)16(2)7-3-6-14/h10-11H,3-9,14H2,1-2H3,(H2,15,19). The lowest BCUT2D eigenvalue weighted by molar-refractivity contribution is -0.134. The monoisotopic (exact) mass is 270 g/mol. The van der Waals surface area contributed by atoms with Crippen LogP contribution < -0.4 is 11.5 Å². The number of rotatable bonds is 6. The predicted octanol–water partition coefficient (Wildman–Crippen LogP) is -0.621. The third-order valence-corrected chi connectivity index (χ3v) is 3.88. The molecule has 0 bridgehead atoms. The van der Waals surface area contributed by atoms with Crippen molar-refractivity contribution in [1.29, 1.82) is 0 Å². The van der Waals surface area contributed by atoms with Crippen molar-refractivity contribution in [2.24, 2.45) is 17.4 Å². The van der Waals surface area contributed by atoms with Gasteiger partial charge >= 0.3 is 0 Å². The van der Waals surface area contributed by atoms with E-state index in [4.69, 9.17) is 11.5 Å². The molecule has 1 aliphatic heterocycles. The predicted molar refractivity (Wildman–Crippen MR) is 74.3 cm³/mol. The Kier molecular flexibility index (Phi) is 6.24. The first-order valence-corrected chi connectivity index (χ1v) is 6.93. The highest BCUT2D eigenvalue weighted by Gasteiger charge is 2.30. The van der Waals surface area contributed by atoms with Gasteiger partial charge in [-0.25, -0.2) is 0 Å². The minimum Gasteiger partial charge on any atom is -0.369 e. The van der Waals surface area contributed by atoms with E-state index < -0.39 is 0 Å². The van der Waals surface area contributed by atoms with Gasteiger partial charge in [-0.15, -0.1) is 0 Å². The Hall–Kier alpha value is -1.14. The smallest absolute Gasteiger partial charge is 0.236 e. The average Bonchev–Trinajstić information content (AvgIpc) is 2.38. The molecule has 1 fully saturated rings. The number of primary amides is 1. The highest BCUT2D eigenvalue weighted by Crippen LogP contribution is 2.21. The van der Waals surface area contributed by atoms with Gasteiger partial charge in [-0.3, -0.25) is 14.5 Å². The Morgan fingerprint density at radius 2 is 2.05 bits per heavy atom. The van der Waals surface area contributed by atoms with E-state index in [0.29, 0.717) is 32.2 Å². The Morgan fingerprint density at radius 1 is 1.37 bits per heavy atom. The van der Waals surface area contributed by atoms with E-state index in [1.165, 1.54) is 0 Å². The first kappa shape index (κ1) is 15.9. The van der Waals surface area contributed by atoms with Gasteiger partial charge in [-0.05, 0) is 32.7 Å². The van der Waals surface area contributed by atoms with Gasteiger partial charge in [0.05, 0.1) is 12.5 Å². The summed E-state index contributed by atoms with van der Waals surface area (Å²) in [7, 11) is 1.79. The molecule has 1 aliphatic rings. The van der Waals surface area contributed by atoms with Gasteiger partial charge in [0, 0.05) is 26.2 Å². The molecule has 0 aliphatic carbocycles. The number of piperidine rings is 1. The van der Waals surface area contributed by atoms with Crippen LogP contribution in [0.3, 0.4) is 0 Å². The third-order valence-electron chi connectivity index (χ3n) is 3.88. The Balaban J connectivity index is 2.49. The molecule has 2 amide bonds. The number of amides is 2. The van der Waals surface area contributed by atoms with E-state index in [2.05, 4.69) is 11.8 Å². The normalized spacial score (nSPS) is 24.2. The van der Waals surface area contributed by atoms with Crippen molar-refractivity contribution in [1.82, 2.24) is 9.80 Å². The van der Waals surface area contributed by atoms with Crippen LogP contribution in [0.15, 0.2) is 0 Å². The summed E-state index contributed by atoms with van der Waals surface area (Å²) >= 11 is 0. The first-order chi connectivity index (χ1) is 8.95. The van der Waals surface area contributed by atoms with Crippen LogP contribution in [-0.2, 0) is 9.59 Å². The summed E-state index contributed by atoms with van der Waals surface area (Å²) in [6, 6.07) is 0.322. The fourth-order valence-electron chi connectivity index (χ4n) is 2.38. The number of nitrogens with zero attached hydrogens (tertiary/aromatic N) is 2. The molecule has 2 atom stereocenters. The minimum absolute atomic E-state index is 0.0745. The number of hydrogen-bond donors (Lipinski definition) is 2. The molecular weight excluding hydrogens is 244 g/mol. The fraction of sp³-hybridized carbons (Fsp3) is 0.846. The number of likely N-dealkylation sites (tertiary alicyclic amines) is 1. The van der Waals surface area contributed by atoms with Crippen molar-refractivity contribution in [3.8, 4) is 0 Å². The molecule has 0 aromatic heterocycles. The molecule has 0 spiro atoms. The van der Waals surface area contributed by atoms with Gasteiger partial charge in [-0.1, -0.05) is 0 Å². The molecule has 4 N–H and O–H groups in total. The quantitative estimate of drug-likeness (QED) is 0.673. The van der Waals surface area contributed by atoms with Crippen LogP contribution in [0.2, 0.25) is 0 Å². The second kappa shape index (κ2) is 7.45. The second-order valence-electron chi connectivity index (χ2n) is 5.41. The fourth-order valence-corrected chi connectivity index (χ4v) is 2.38. The molecule has 0 aromatic rings. The SMILES string of the molecule is CC1CCC(C(N)=O)CN1CC(=O)N(C)CCCN. The van der Waals surface area contributed by atoms with E-state index >= 15 is 0 Å². The van der Waals surface area contributed by atoms with Crippen molar-refractivity contribution in [3.63, 3.8) is 0 Å². The second-order valence-corrected chi connectivity index (χ2v) is 5.41. The van der Waals surface area contributed by atoms with Gasteiger partial charge in [0.25, 0.3) is 0 Å². The molecule has 0 saturated carbocycles. The van der Waals surface area contributed by atoms with E-state index in [1.54, 1.807) is 11.9 Å². The topological polar surface area (TPSA) is 92.7 Å². The van der Waals surface area contributed by atoms with Crippen molar-refractivity contribution in [3.05, 3.63) is 0 Å². The number of carbonyl (C=O) groups excluding carboxylic acids is 2. The first-order valence-electron chi connectivity index (χ1n) is 6.93. The molecule has 1 rings (SSSR count). The Labute approximate surface area is 115 Å². The summed E-state index contributed by atoms with van der Waals surface area (Å²) in [5.74, 6) is -0.315. The zero-order valence-corrected chi connectivity index (χ0v) is 12.0. The van der Waals surface area contributed by atoms with Gasteiger partial charge in [0.1, 0.15) is 0 Å². The maximum absolute atomic E-state index is 12.1. The molecule has 19 heavy (non-hydrogen) atoms. The lowest BCUT2D eigenvalue weighted by Gasteiger charge is -2.37. The van der Waals surface area contributed by atoms with Crippen LogP contribution in [0.1, 0.15) is 26.2 Å². The molecule has 1 heterocycles. The molecule has 2 unspecified atom stereocenters. The lowest BCUT2D eigenvalue weighted by Crippen LogP contribution is -2.49. The third kappa shape index (κ3) is 4.80.